The summed E-state index contributed by atoms with van der Waals surface area (Å²) in [5.74, 6) is -1.11. The highest BCUT2D eigenvalue weighted by Crippen LogP contribution is 2.39. The van der Waals surface area contributed by atoms with Gasteiger partial charge in [-0.15, -0.1) is 0 Å². The number of rotatable bonds is 8. The molecule has 8 nitrogen and oxygen atoms in total. The second-order valence-corrected chi connectivity index (χ2v) is 8.30. The van der Waals surface area contributed by atoms with E-state index >= 15 is 0 Å². The van der Waals surface area contributed by atoms with E-state index in [4.69, 9.17) is 53.8 Å². The topological polar surface area (TPSA) is 88.9 Å². The predicted molar refractivity (Wildman–Crippen MR) is 116 cm³/mol. The Morgan fingerprint density at radius 3 is 2.39 bits per heavy atom. The molecule has 170 valence electrons. The van der Waals surface area contributed by atoms with Crippen LogP contribution in [0.25, 0.3) is 11.0 Å². The first kappa shape index (κ1) is 24.1. The number of halogens is 3. The van der Waals surface area contributed by atoms with E-state index in [2.05, 4.69) is 4.98 Å². The second-order valence-electron chi connectivity index (χ2n) is 7.15. The zero-order valence-corrected chi connectivity index (χ0v) is 19.5. The molecule has 0 spiro atoms. The van der Waals surface area contributed by atoms with Gasteiger partial charge in [-0.25, -0.2) is 4.98 Å². The average Bonchev–Trinajstić information content (AvgIpc) is 3.15. The second kappa shape index (κ2) is 10.4. The van der Waals surface area contributed by atoms with Crippen LogP contribution in [0.2, 0.25) is 15.3 Å². The molecule has 2 heterocycles. The molecule has 0 aliphatic carbocycles. The van der Waals surface area contributed by atoms with Crippen LogP contribution in [0.1, 0.15) is 39.8 Å². The number of carbonyl (C=O) groups excluding carboxylic acids is 2. The van der Waals surface area contributed by atoms with Gasteiger partial charge in [0.2, 0.25) is 5.28 Å². The maximum absolute atomic E-state index is 11.9. The van der Waals surface area contributed by atoms with E-state index in [0.717, 1.165) is 12.8 Å². The largest absolute Gasteiger partial charge is 0.456 e. The SMILES string of the molecule is CCCCOCC1OC(n2c(Cl)nc3cc(Cl)c(Cl)cc32)C(OC(C)=O)C1OC(C)=O. The highest BCUT2D eigenvalue weighted by molar-refractivity contribution is 6.42. The van der Waals surface area contributed by atoms with Crippen LogP contribution >= 0.6 is 34.8 Å². The van der Waals surface area contributed by atoms with E-state index in [-0.39, 0.29) is 11.9 Å². The van der Waals surface area contributed by atoms with Crippen LogP contribution in [0, 0.1) is 0 Å². The molecule has 1 aromatic carbocycles. The normalized spacial score (nSPS) is 23.3. The summed E-state index contributed by atoms with van der Waals surface area (Å²) in [6.45, 7) is 5.25. The molecule has 31 heavy (non-hydrogen) atoms. The molecule has 0 amide bonds. The van der Waals surface area contributed by atoms with Crippen molar-refractivity contribution < 1.29 is 28.5 Å². The van der Waals surface area contributed by atoms with Gasteiger partial charge in [0.25, 0.3) is 0 Å². The van der Waals surface area contributed by atoms with Gasteiger partial charge in [-0.3, -0.25) is 14.2 Å². The number of hydrogen-bond donors (Lipinski definition) is 0. The number of fused-ring (bicyclic) bond motifs is 1. The summed E-state index contributed by atoms with van der Waals surface area (Å²) >= 11 is 18.7. The van der Waals surface area contributed by atoms with Gasteiger partial charge in [0, 0.05) is 20.5 Å². The quantitative estimate of drug-likeness (QED) is 0.393. The molecular formula is C20H23Cl3N2O6. The number of aromatic nitrogens is 2. The number of ether oxygens (including phenoxy) is 4. The molecule has 1 aliphatic heterocycles. The van der Waals surface area contributed by atoms with Crippen molar-refractivity contribution in [2.75, 3.05) is 13.2 Å². The van der Waals surface area contributed by atoms with Crippen LogP contribution in [0.5, 0.6) is 0 Å². The Kier molecular flexibility index (Phi) is 8.04. The molecule has 0 radical (unpaired) electrons. The number of carbonyl (C=O) groups is 2. The van der Waals surface area contributed by atoms with E-state index in [0.29, 0.717) is 27.7 Å². The van der Waals surface area contributed by atoms with Gasteiger partial charge in [0.05, 0.1) is 27.7 Å². The molecule has 1 aromatic heterocycles. The van der Waals surface area contributed by atoms with Crippen molar-refractivity contribution in [3.63, 3.8) is 0 Å². The van der Waals surface area contributed by atoms with Gasteiger partial charge in [-0.05, 0) is 30.2 Å². The number of unbranched alkanes of at least 4 members (excludes halogenated alkanes) is 1. The first-order valence-corrected chi connectivity index (χ1v) is 11.0. The van der Waals surface area contributed by atoms with Gasteiger partial charge in [-0.1, -0.05) is 36.5 Å². The summed E-state index contributed by atoms with van der Waals surface area (Å²) in [7, 11) is 0. The minimum absolute atomic E-state index is 0.0737. The average molecular weight is 494 g/mol. The molecule has 1 aliphatic rings. The number of esters is 2. The minimum atomic E-state index is -0.981. The lowest BCUT2D eigenvalue weighted by Crippen LogP contribution is -2.40. The van der Waals surface area contributed by atoms with Gasteiger partial charge in [0.15, 0.2) is 18.4 Å². The first-order valence-electron chi connectivity index (χ1n) is 9.83. The third-order valence-electron chi connectivity index (χ3n) is 4.76. The van der Waals surface area contributed by atoms with Crippen LogP contribution in [0.15, 0.2) is 12.1 Å². The molecule has 1 fully saturated rings. The van der Waals surface area contributed by atoms with Crippen LogP contribution in [-0.4, -0.2) is 53.0 Å². The fourth-order valence-corrected chi connectivity index (χ4v) is 4.04. The minimum Gasteiger partial charge on any atom is -0.456 e. The molecule has 1 saturated heterocycles. The highest BCUT2D eigenvalue weighted by atomic mass is 35.5. The molecule has 4 atom stereocenters. The van der Waals surface area contributed by atoms with Crippen molar-refractivity contribution in [2.45, 2.75) is 58.2 Å². The number of imidazole rings is 1. The van der Waals surface area contributed by atoms with Crippen LogP contribution < -0.4 is 0 Å². The van der Waals surface area contributed by atoms with Crippen LogP contribution in [-0.2, 0) is 28.5 Å². The Morgan fingerprint density at radius 1 is 1.10 bits per heavy atom. The van der Waals surface area contributed by atoms with Crippen molar-refractivity contribution in [1.82, 2.24) is 9.55 Å². The lowest BCUT2D eigenvalue weighted by atomic mass is 10.1. The highest BCUT2D eigenvalue weighted by Gasteiger charge is 2.51. The first-order chi connectivity index (χ1) is 14.7. The molecule has 0 bridgehead atoms. The van der Waals surface area contributed by atoms with Gasteiger partial charge >= 0.3 is 11.9 Å². The van der Waals surface area contributed by atoms with Crippen LogP contribution in [0.3, 0.4) is 0 Å². The summed E-state index contributed by atoms with van der Waals surface area (Å²) < 4.78 is 24.4. The summed E-state index contributed by atoms with van der Waals surface area (Å²) in [5, 5.41) is 0.689. The van der Waals surface area contributed by atoms with E-state index in [1.54, 1.807) is 12.1 Å². The van der Waals surface area contributed by atoms with Crippen LogP contribution in [0.4, 0.5) is 0 Å². The van der Waals surface area contributed by atoms with Gasteiger partial charge in [-0.2, -0.15) is 0 Å². The lowest BCUT2D eigenvalue weighted by molar-refractivity contribution is -0.165. The smallest absolute Gasteiger partial charge is 0.303 e. The van der Waals surface area contributed by atoms with E-state index < -0.39 is 36.5 Å². The fraction of sp³-hybridized carbons (Fsp3) is 0.550. The maximum atomic E-state index is 11.9. The Morgan fingerprint density at radius 2 is 1.74 bits per heavy atom. The van der Waals surface area contributed by atoms with Crippen molar-refractivity contribution in [3.05, 3.63) is 27.5 Å². The Balaban J connectivity index is 2.01. The summed E-state index contributed by atoms with van der Waals surface area (Å²) in [6, 6.07) is 3.17. The lowest BCUT2D eigenvalue weighted by Gasteiger charge is -2.24. The van der Waals surface area contributed by atoms with Crippen molar-refractivity contribution in [1.29, 1.82) is 0 Å². The Labute approximate surface area is 194 Å². The van der Waals surface area contributed by atoms with Gasteiger partial charge < -0.3 is 18.9 Å². The number of hydrogen-bond acceptors (Lipinski definition) is 7. The summed E-state index contributed by atoms with van der Waals surface area (Å²) in [6.07, 6.45) is -1.65. The molecular weight excluding hydrogens is 471 g/mol. The number of nitrogens with zero attached hydrogens (tertiary/aromatic N) is 2. The van der Waals surface area contributed by atoms with E-state index in [9.17, 15) is 9.59 Å². The predicted octanol–water partition coefficient (Wildman–Crippen LogP) is 4.57. The van der Waals surface area contributed by atoms with E-state index in [1.807, 2.05) is 6.92 Å². The molecule has 0 saturated carbocycles. The van der Waals surface area contributed by atoms with Crippen molar-refractivity contribution in [2.24, 2.45) is 0 Å². The third kappa shape index (κ3) is 5.43. The number of benzene rings is 1. The maximum Gasteiger partial charge on any atom is 0.303 e. The molecule has 11 heteroatoms. The molecule has 2 aromatic rings. The van der Waals surface area contributed by atoms with Crippen molar-refractivity contribution in [3.8, 4) is 0 Å². The van der Waals surface area contributed by atoms with E-state index in [1.165, 1.54) is 18.4 Å². The zero-order valence-electron chi connectivity index (χ0n) is 17.3. The fourth-order valence-electron chi connectivity index (χ4n) is 3.45. The Hall–Kier alpha value is -1.58. The summed E-state index contributed by atoms with van der Waals surface area (Å²) in [5.41, 5.74) is 1.01. The van der Waals surface area contributed by atoms with Crippen molar-refractivity contribution >= 4 is 57.8 Å². The zero-order chi connectivity index (χ0) is 22.7. The standard InChI is InChI=1S/C20H23Cl3N2O6/c1-4-5-6-28-9-16-17(29-10(2)26)18(30-11(3)27)19(31-16)25-15-8-13(22)12(21)7-14(15)24-20(25)23/h7-8,16-19H,4-6,9H2,1-3H3. The third-order valence-corrected chi connectivity index (χ3v) is 5.75. The van der Waals surface area contributed by atoms with Gasteiger partial charge in [0.1, 0.15) is 6.10 Å². The monoisotopic (exact) mass is 492 g/mol. The Bertz CT molecular complexity index is 966. The molecule has 3 rings (SSSR count). The summed E-state index contributed by atoms with van der Waals surface area (Å²) in [4.78, 5) is 27.9. The molecule has 4 unspecified atom stereocenters. The molecule has 0 N–H and O–H groups in total.